The van der Waals surface area contributed by atoms with Crippen molar-refractivity contribution in [2.45, 2.75) is 0 Å². The highest BCUT2D eigenvalue weighted by atomic mass is 35.5. The van der Waals surface area contributed by atoms with E-state index in [1.165, 1.54) is 0 Å². The van der Waals surface area contributed by atoms with Crippen LogP contribution in [0.3, 0.4) is 0 Å². The maximum atomic E-state index is 15.0. The Morgan fingerprint density at radius 3 is 1.73 bits per heavy atom. The highest BCUT2D eigenvalue weighted by Gasteiger charge is 2.43. The minimum absolute atomic E-state index is 0.650. The van der Waals surface area contributed by atoms with Crippen molar-refractivity contribution in [3.05, 3.63) is 130 Å². The van der Waals surface area contributed by atoms with Crippen molar-refractivity contribution in [3.8, 4) is 0 Å². The van der Waals surface area contributed by atoms with Crippen LogP contribution in [0, 0.1) is 0 Å². The van der Waals surface area contributed by atoms with Crippen molar-refractivity contribution in [3.63, 3.8) is 0 Å². The Hall–Kier alpha value is -2.57. The summed E-state index contributed by atoms with van der Waals surface area (Å²) in [6.07, 6.45) is 0. The van der Waals surface area contributed by atoms with E-state index in [-0.39, 0.29) is 0 Å². The Bertz CT molecular complexity index is 1310. The van der Waals surface area contributed by atoms with Gasteiger partial charge in [0.05, 0.1) is 0 Å². The van der Waals surface area contributed by atoms with Gasteiger partial charge in [0.1, 0.15) is 0 Å². The SMILES string of the molecule is O=P1(c2ccccc2)C(c2ccc(Cl)cc2)=C(c2ccc(Cl)cc2)c2ccccc21. The molecule has 30 heavy (non-hydrogen) atoms. The lowest BCUT2D eigenvalue weighted by molar-refractivity contribution is 0.593. The summed E-state index contributed by atoms with van der Waals surface area (Å²) in [5.74, 6) is 0. The Balaban J connectivity index is 1.91. The van der Waals surface area contributed by atoms with E-state index in [9.17, 15) is 4.57 Å². The van der Waals surface area contributed by atoms with Crippen molar-refractivity contribution >= 4 is 51.8 Å². The summed E-state index contributed by atoms with van der Waals surface area (Å²) in [7, 11) is -3.09. The highest BCUT2D eigenvalue weighted by Crippen LogP contribution is 2.65. The van der Waals surface area contributed by atoms with Crippen molar-refractivity contribution in [2.75, 3.05) is 0 Å². The molecule has 1 aliphatic heterocycles. The molecule has 1 atom stereocenters. The molecule has 5 rings (SSSR count). The van der Waals surface area contributed by atoms with Gasteiger partial charge in [-0.25, -0.2) is 0 Å². The molecule has 4 aromatic rings. The first-order chi connectivity index (χ1) is 14.6. The lowest BCUT2D eigenvalue weighted by atomic mass is 9.96. The van der Waals surface area contributed by atoms with Crippen molar-refractivity contribution in [2.24, 2.45) is 0 Å². The van der Waals surface area contributed by atoms with E-state index >= 15 is 0 Å². The second kappa shape index (κ2) is 7.60. The second-order valence-electron chi connectivity index (χ2n) is 7.20. The number of benzene rings is 4. The predicted molar refractivity (Wildman–Crippen MR) is 129 cm³/mol. The molecule has 0 N–H and O–H groups in total. The summed E-state index contributed by atoms with van der Waals surface area (Å²) in [6, 6.07) is 33.1. The summed E-state index contributed by atoms with van der Waals surface area (Å²) >= 11 is 12.3. The van der Waals surface area contributed by atoms with Gasteiger partial charge in [0, 0.05) is 31.5 Å². The largest absolute Gasteiger partial charge is 0.309 e. The molecule has 0 aromatic heterocycles. The molecule has 1 nitrogen and oxygen atoms in total. The molecule has 4 heteroatoms. The zero-order chi connectivity index (χ0) is 20.7. The number of hydrogen-bond acceptors (Lipinski definition) is 1. The topological polar surface area (TPSA) is 17.1 Å². The first kappa shape index (κ1) is 19.4. The highest BCUT2D eigenvalue weighted by molar-refractivity contribution is 7.88. The average molecular weight is 447 g/mol. The van der Waals surface area contributed by atoms with Crippen LogP contribution in [0.25, 0.3) is 10.9 Å². The van der Waals surface area contributed by atoms with Crippen LogP contribution in [0.15, 0.2) is 103 Å². The summed E-state index contributed by atoms with van der Waals surface area (Å²) in [5.41, 5.74) is 3.88. The maximum absolute atomic E-state index is 15.0. The van der Waals surface area contributed by atoms with E-state index in [1.807, 2.05) is 97.1 Å². The fraction of sp³-hybridized carbons (Fsp3) is 0. The zero-order valence-corrected chi connectivity index (χ0v) is 18.3. The molecule has 0 aliphatic carbocycles. The number of hydrogen-bond donors (Lipinski definition) is 0. The Labute approximate surface area is 186 Å². The third kappa shape index (κ3) is 3.06. The molecule has 0 fully saturated rings. The van der Waals surface area contributed by atoms with Gasteiger partial charge >= 0.3 is 0 Å². The fourth-order valence-corrected chi connectivity index (χ4v) is 7.63. The van der Waals surface area contributed by atoms with Crippen LogP contribution < -0.4 is 10.6 Å². The Morgan fingerprint density at radius 2 is 1.10 bits per heavy atom. The van der Waals surface area contributed by atoms with Gasteiger partial charge in [-0.3, -0.25) is 0 Å². The predicted octanol–water partition coefficient (Wildman–Crippen LogP) is 7.24. The average Bonchev–Trinajstić information content (AvgIpc) is 3.06. The van der Waals surface area contributed by atoms with E-state index in [1.54, 1.807) is 0 Å². The Kier molecular flexibility index (Phi) is 4.91. The molecule has 0 saturated heterocycles. The quantitative estimate of drug-likeness (QED) is 0.303. The van der Waals surface area contributed by atoms with E-state index < -0.39 is 7.14 Å². The molecule has 0 amide bonds. The molecule has 0 radical (unpaired) electrons. The van der Waals surface area contributed by atoms with Crippen LogP contribution >= 0.6 is 30.3 Å². The van der Waals surface area contributed by atoms with Crippen molar-refractivity contribution in [1.29, 1.82) is 0 Å². The van der Waals surface area contributed by atoms with E-state index in [2.05, 4.69) is 6.07 Å². The van der Waals surface area contributed by atoms with Crippen molar-refractivity contribution in [1.82, 2.24) is 0 Å². The molecule has 0 bridgehead atoms. The summed E-state index contributed by atoms with van der Waals surface area (Å²) < 4.78 is 15.0. The van der Waals surface area contributed by atoms with Gasteiger partial charge in [0.2, 0.25) is 0 Å². The fourth-order valence-electron chi connectivity index (χ4n) is 4.11. The lowest BCUT2D eigenvalue weighted by Gasteiger charge is -2.19. The summed E-state index contributed by atoms with van der Waals surface area (Å²) in [5, 5.41) is 3.86. The van der Waals surface area contributed by atoms with Crippen molar-refractivity contribution < 1.29 is 4.57 Å². The molecule has 1 heterocycles. The monoisotopic (exact) mass is 446 g/mol. The minimum Gasteiger partial charge on any atom is -0.309 e. The number of rotatable bonds is 3. The van der Waals surface area contributed by atoms with Crippen LogP contribution in [-0.2, 0) is 4.57 Å². The van der Waals surface area contributed by atoms with E-state index in [4.69, 9.17) is 23.2 Å². The number of fused-ring (bicyclic) bond motifs is 1. The standard InChI is InChI=1S/C26H17Cl2OP/c27-20-14-10-18(11-15-20)25-23-8-4-5-9-24(23)30(29,22-6-2-1-3-7-22)26(25)19-12-16-21(28)17-13-19/h1-17H. The van der Waals surface area contributed by atoms with Crippen LogP contribution in [0.2, 0.25) is 10.0 Å². The molecular formula is C26H17Cl2OP. The molecule has 1 unspecified atom stereocenters. The maximum Gasteiger partial charge on any atom is 0.172 e. The summed E-state index contributed by atoms with van der Waals surface area (Å²) in [4.78, 5) is 0. The molecule has 1 aliphatic rings. The zero-order valence-electron chi connectivity index (χ0n) is 15.9. The van der Waals surface area contributed by atoms with Gasteiger partial charge in [-0.15, -0.1) is 0 Å². The van der Waals surface area contributed by atoms with Gasteiger partial charge in [-0.1, -0.05) is 102 Å². The first-order valence-corrected chi connectivity index (χ1v) is 12.1. The molecular weight excluding hydrogens is 430 g/mol. The molecule has 0 saturated carbocycles. The van der Waals surface area contributed by atoms with E-state index in [0.717, 1.165) is 38.2 Å². The van der Waals surface area contributed by atoms with Crippen LogP contribution in [0.1, 0.15) is 16.7 Å². The second-order valence-corrected chi connectivity index (χ2v) is 10.7. The third-order valence-corrected chi connectivity index (χ3v) is 9.14. The van der Waals surface area contributed by atoms with Gasteiger partial charge < -0.3 is 4.57 Å². The van der Waals surface area contributed by atoms with Crippen LogP contribution in [0.5, 0.6) is 0 Å². The van der Waals surface area contributed by atoms with Gasteiger partial charge in [0.15, 0.2) is 7.14 Å². The van der Waals surface area contributed by atoms with Crippen LogP contribution in [0.4, 0.5) is 0 Å². The summed E-state index contributed by atoms with van der Waals surface area (Å²) in [6.45, 7) is 0. The lowest BCUT2D eigenvalue weighted by Crippen LogP contribution is -2.15. The Morgan fingerprint density at radius 1 is 0.567 bits per heavy atom. The smallest absolute Gasteiger partial charge is 0.172 e. The minimum atomic E-state index is -3.09. The van der Waals surface area contributed by atoms with Crippen LogP contribution in [-0.4, -0.2) is 0 Å². The number of halogens is 2. The normalized spacial score (nSPS) is 17.8. The molecule has 0 spiro atoms. The van der Waals surface area contributed by atoms with Gasteiger partial charge in [-0.2, -0.15) is 0 Å². The molecule has 146 valence electrons. The van der Waals surface area contributed by atoms with E-state index in [0.29, 0.717) is 10.0 Å². The van der Waals surface area contributed by atoms with Gasteiger partial charge in [-0.05, 0) is 41.0 Å². The third-order valence-electron chi connectivity index (χ3n) is 5.43. The molecule has 4 aromatic carbocycles. The van der Waals surface area contributed by atoms with Gasteiger partial charge in [0.25, 0.3) is 0 Å². The first-order valence-electron chi connectivity index (χ1n) is 9.61.